The van der Waals surface area contributed by atoms with Gasteiger partial charge >= 0.3 is 6.18 Å². The van der Waals surface area contributed by atoms with Crippen molar-refractivity contribution in [3.63, 3.8) is 0 Å². The van der Waals surface area contributed by atoms with E-state index in [1.807, 2.05) is 18.2 Å². The Hall–Kier alpha value is -3.00. The molecular formula is C23H20F3N3OS. The second kappa shape index (κ2) is 7.60. The molecule has 1 N–H and O–H groups in total. The number of benzene rings is 2. The molecule has 0 spiro atoms. The summed E-state index contributed by atoms with van der Waals surface area (Å²) in [6, 6.07) is 13.6. The fraction of sp³-hybridized carbons (Fsp3) is 0.217. The summed E-state index contributed by atoms with van der Waals surface area (Å²) in [4.78, 5) is 21.3. The van der Waals surface area contributed by atoms with Gasteiger partial charge in [-0.2, -0.15) is 13.2 Å². The number of thioether (sulfide) groups is 1. The first-order valence-electron chi connectivity index (χ1n) is 9.59. The average Bonchev–Trinajstić information content (AvgIpc) is 3.10. The normalized spacial score (nSPS) is 12.5. The monoisotopic (exact) mass is 443 g/mol. The molecule has 4 aromatic rings. The Morgan fingerprint density at radius 3 is 2.48 bits per heavy atom. The van der Waals surface area contributed by atoms with Crippen LogP contribution in [0.2, 0.25) is 0 Å². The lowest BCUT2D eigenvalue weighted by atomic mass is 10.2. The molecule has 8 heteroatoms. The van der Waals surface area contributed by atoms with Crippen LogP contribution in [0.3, 0.4) is 0 Å². The zero-order chi connectivity index (χ0) is 22.4. The molecule has 0 fully saturated rings. The van der Waals surface area contributed by atoms with Crippen LogP contribution in [0.1, 0.15) is 26.3 Å². The lowest BCUT2D eigenvalue weighted by molar-refractivity contribution is -0.137. The van der Waals surface area contributed by atoms with Gasteiger partial charge in [-0.3, -0.25) is 9.36 Å². The molecular weight excluding hydrogens is 423 g/mol. The summed E-state index contributed by atoms with van der Waals surface area (Å²) in [7, 11) is 0. The predicted molar refractivity (Wildman–Crippen MR) is 118 cm³/mol. The number of aromatic nitrogens is 3. The molecule has 0 aliphatic rings. The van der Waals surface area contributed by atoms with Gasteiger partial charge in [0, 0.05) is 33.2 Å². The van der Waals surface area contributed by atoms with Crippen molar-refractivity contribution in [1.29, 1.82) is 0 Å². The Labute approximate surface area is 181 Å². The van der Waals surface area contributed by atoms with Gasteiger partial charge in [-0.15, -0.1) is 11.8 Å². The second-order valence-corrected chi connectivity index (χ2v) is 10.1. The largest absolute Gasteiger partial charge is 0.416 e. The SMILES string of the molecule is CC(C)(C)Sc1ccc2nc(-c3ccc(=O)n(-c4cccc(C(F)(F)F)c4)c3)[nH]c2c1. The Morgan fingerprint density at radius 2 is 1.77 bits per heavy atom. The third kappa shape index (κ3) is 4.69. The molecule has 4 rings (SSSR count). The van der Waals surface area contributed by atoms with E-state index in [1.165, 1.54) is 29.0 Å². The molecule has 2 aromatic heterocycles. The topological polar surface area (TPSA) is 50.7 Å². The van der Waals surface area contributed by atoms with E-state index in [2.05, 4.69) is 30.7 Å². The number of imidazole rings is 1. The lowest BCUT2D eigenvalue weighted by Crippen LogP contribution is -2.17. The minimum Gasteiger partial charge on any atom is -0.338 e. The van der Waals surface area contributed by atoms with Crippen molar-refractivity contribution >= 4 is 22.8 Å². The number of pyridine rings is 1. The molecule has 0 aliphatic carbocycles. The van der Waals surface area contributed by atoms with Crippen molar-refractivity contribution in [3.8, 4) is 17.1 Å². The molecule has 0 saturated heterocycles. The molecule has 0 unspecified atom stereocenters. The second-order valence-electron chi connectivity index (χ2n) is 8.15. The zero-order valence-corrected chi connectivity index (χ0v) is 17.9. The van der Waals surface area contributed by atoms with Crippen LogP contribution in [0, 0.1) is 0 Å². The van der Waals surface area contributed by atoms with E-state index in [0.717, 1.165) is 28.1 Å². The molecule has 0 radical (unpaired) electrons. The number of rotatable bonds is 3. The Morgan fingerprint density at radius 1 is 1.00 bits per heavy atom. The van der Waals surface area contributed by atoms with Crippen molar-refractivity contribution in [2.75, 3.05) is 0 Å². The number of nitrogens with one attached hydrogen (secondary N) is 1. The molecule has 2 heterocycles. The maximum absolute atomic E-state index is 13.1. The third-order valence-electron chi connectivity index (χ3n) is 4.51. The number of alkyl halides is 3. The molecule has 0 bridgehead atoms. The van der Waals surface area contributed by atoms with Crippen LogP contribution in [0.15, 0.2) is 70.5 Å². The minimum atomic E-state index is -4.49. The standard InChI is InChI=1S/C23H20F3N3OS/c1-22(2,3)31-17-8-9-18-19(12-17)28-21(27-18)14-7-10-20(30)29(13-14)16-6-4-5-15(11-16)23(24,25)26/h4-13H,1-3H3,(H,27,28). The zero-order valence-electron chi connectivity index (χ0n) is 17.1. The Balaban J connectivity index is 1.75. The highest BCUT2D eigenvalue weighted by atomic mass is 32.2. The van der Waals surface area contributed by atoms with Crippen LogP contribution in [-0.2, 0) is 6.18 Å². The van der Waals surface area contributed by atoms with Crippen LogP contribution >= 0.6 is 11.8 Å². The summed E-state index contributed by atoms with van der Waals surface area (Å²) in [5, 5.41) is 0. The number of halogens is 3. The van der Waals surface area contributed by atoms with Crippen molar-refractivity contribution in [2.45, 2.75) is 36.6 Å². The van der Waals surface area contributed by atoms with Crippen molar-refractivity contribution in [3.05, 3.63) is 76.7 Å². The van der Waals surface area contributed by atoms with E-state index in [-0.39, 0.29) is 10.4 Å². The van der Waals surface area contributed by atoms with Crippen molar-refractivity contribution < 1.29 is 13.2 Å². The number of nitrogens with zero attached hydrogens (tertiary/aromatic N) is 2. The summed E-state index contributed by atoms with van der Waals surface area (Å²) in [5.41, 5.74) is 1.11. The molecule has 0 aliphatic heterocycles. The molecule has 31 heavy (non-hydrogen) atoms. The van der Waals surface area contributed by atoms with Crippen molar-refractivity contribution in [2.24, 2.45) is 0 Å². The number of hydrogen-bond donors (Lipinski definition) is 1. The van der Waals surface area contributed by atoms with Gasteiger partial charge in [0.25, 0.3) is 5.56 Å². The molecule has 2 aromatic carbocycles. The van der Waals surface area contributed by atoms with E-state index in [9.17, 15) is 18.0 Å². The summed E-state index contributed by atoms with van der Waals surface area (Å²) in [6.45, 7) is 6.41. The number of hydrogen-bond acceptors (Lipinski definition) is 3. The van der Waals surface area contributed by atoms with Gasteiger partial charge in [0.1, 0.15) is 5.82 Å². The highest BCUT2D eigenvalue weighted by molar-refractivity contribution is 8.00. The van der Waals surface area contributed by atoms with Gasteiger partial charge in [-0.25, -0.2) is 4.98 Å². The van der Waals surface area contributed by atoms with Crippen LogP contribution in [-0.4, -0.2) is 19.3 Å². The summed E-state index contributed by atoms with van der Waals surface area (Å²) in [6.07, 6.45) is -2.99. The first-order valence-corrected chi connectivity index (χ1v) is 10.4. The summed E-state index contributed by atoms with van der Waals surface area (Å²) >= 11 is 1.74. The van der Waals surface area contributed by atoms with Crippen LogP contribution in [0.25, 0.3) is 28.1 Å². The first-order chi connectivity index (χ1) is 14.5. The first kappa shape index (κ1) is 21.2. The van der Waals surface area contributed by atoms with Gasteiger partial charge in [0.05, 0.1) is 16.6 Å². The van der Waals surface area contributed by atoms with E-state index >= 15 is 0 Å². The Kier molecular flexibility index (Phi) is 5.21. The van der Waals surface area contributed by atoms with Crippen LogP contribution < -0.4 is 5.56 Å². The van der Waals surface area contributed by atoms with E-state index in [4.69, 9.17) is 0 Å². The smallest absolute Gasteiger partial charge is 0.338 e. The molecule has 0 amide bonds. The van der Waals surface area contributed by atoms with Gasteiger partial charge in [0.15, 0.2) is 0 Å². The number of aromatic amines is 1. The van der Waals surface area contributed by atoms with Crippen molar-refractivity contribution in [1.82, 2.24) is 14.5 Å². The number of H-pyrrole nitrogens is 1. The van der Waals surface area contributed by atoms with Gasteiger partial charge < -0.3 is 4.98 Å². The summed E-state index contributed by atoms with van der Waals surface area (Å²) < 4.78 is 40.5. The van der Waals surface area contributed by atoms with Crippen LogP contribution in [0.4, 0.5) is 13.2 Å². The highest BCUT2D eigenvalue weighted by Gasteiger charge is 2.30. The maximum Gasteiger partial charge on any atom is 0.416 e. The quantitative estimate of drug-likeness (QED) is 0.379. The minimum absolute atomic E-state index is 0.0664. The van der Waals surface area contributed by atoms with E-state index in [1.54, 1.807) is 17.8 Å². The highest BCUT2D eigenvalue weighted by Crippen LogP contribution is 2.34. The Bertz CT molecular complexity index is 1320. The lowest BCUT2D eigenvalue weighted by Gasteiger charge is -2.17. The predicted octanol–water partition coefficient (Wildman–Crippen LogP) is 6.29. The van der Waals surface area contributed by atoms with Gasteiger partial charge in [0.2, 0.25) is 0 Å². The molecule has 160 valence electrons. The van der Waals surface area contributed by atoms with Crippen LogP contribution in [0.5, 0.6) is 0 Å². The maximum atomic E-state index is 13.1. The van der Waals surface area contributed by atoms with E-state index in [0.29, 0.717) is 11.4 Å². The van der Waals surface area contributed by atoms with Gasteiger partial charge in [-0.05, 0) is 42.5 Å². The van der Waals surface area contributed by atoms with Gasteiger partial charge in [-0.1, -0.05) is 26.8 Å². The number of fused-ring (bicyclic) bond motifs is 1. The third-order valence-corrected chi connectivity index (χ3v) is 5.62. The molecule has 4 nitrogen and oxygen atoms in total. The fourth-order valence-corrected chi connectivity index (χ4v) is 4.22. The summed E-state index contributed by atoms with van der Waals surface area (Å²) in [5.74, 6) is 0.536. The average molecular weight is 443 g/mol. The molecule has 0 atom stereocenters. The van der Waals surface area contributed by atoms with E-state index < -0.39 is 17.3 Å². The molecule has 0 saturated carbocycles. The fourth-order valence-electron chi connectivity index (χ4n) is 3.20.